The Bertz CT molecular complexity index is 565. The van der Waals surface area contributed by atoms with E-state index in [1.54, 1.807) is 13.0 Å². The van der Waals surface area contributed by atoms with Gasteiger partial charge < -0.3 is 9.73 Å². The van der Waals surface area contributed by atoms with Gasteiger partial charge in [0.1, 0.15) is 0 Å². The molecule has 0 radical (unpaired) electrons. The van der Waals surface area contributed by atoms with Crippen molar-refractivity contribution in [2.75, 3.05) is 19.6 Å². The van der Waals surface area contributed by atoms with Crippen molar-refractivity contribution in [1.29, 1.82) is 0 Å². The molecule has 112 valence electrons. The lowest BCUT2D eigenvalue weighted by molar-refractivity contribution is -0.154. The Morgan fingerprint density at radius 2 is 2.05 bits per heavy atom. The van der Waals surface area contributed by atoms with Crippen molar-refractivity contribution >= 4 is 17.7 Å². The molecule has 1 aromatic rings. The molecule has 1 fully saturated rings. The van der Waals surface area contributed by atoms with Gasteiger partial charge in [-0.3, -0.25) is 14.4 Å². The molecule has 1 aliphatic rings. The summed E-state index contributed by atoms with van der Waals surface area (Å²) in [5.41, 5.74) is 0.370. The van der Waals surface area contributed by atoms with E-state index in [9.17, 15) is 14.4 Å². The molecule has 0 bridgehead atoms. The van der Waals surface area contributed by atoms with Gasteiger partial charge in [0.25, 0.3) is 17.7 Å². The van der Waals surface area contributed by atoms with Gasteiger partial charge in [-0.25, -0.2) is 10.0 Å². The van der Waals surface area contributed by atoms with Gasteiger partial charge in [0, 0.05) is 18.7 Å². The van der Waals surface area contributed by atoms with Gasteiger partial charge in [-0.05, 0) is 25.5 Å². The standard InChI is InChI=1S/C14H17N3O4/c1-10(2)14(20)17-7-4-6-16(17)12(18)9-15-13(19)11-5-3-8-21-11/h3,5,8H,1,4,6-7,9H2,2H3,(H,15,19). The third-order valence-electron chi connectivity index (χ3n) is 3.06. The number of carbonyl (C=O) groups excluding carboxylic acids is 3. The fraction of sp³-hybridized carbons (Fsp3) is 0.357. The molecule has 21 heavy (non-hydrogen) atoms. The van der Waals surface area contributed by atoms with Crippen LogP contribution in [0.3, 0.4) is 0 Å². The fourth-order valence-electron chi connectivity index (χ4n) is 2.04. The second-order valence-electron chi connectivity index (χ2n) is 4.74. The van der Waals surface area contributed by atoms with E-state index in [1.165, 1.54) is 22.3 Å². The summed E-state index contributed by atoms with van der Waals surface area (Å²) in [4.78, 5) is 35.7. The van der Waals surface area contributed by atoms with Crippen molar-refractivity contribution < 1.29 is 18.8 Å². The molecule has 1 N–H and O–H groups in total. The van der Waals surface area contributed by atoms with Crippen LogP contribution in [0.1, 0.15) is 23.9 Å². The van der Waals surface area contributed by atoms with E-state index in [0.29, 0.717) is 25.1 Å². The minimum absolute atomic E-state index is 0.138. The number of hydrazine groups is 1. The van der Waals surface area contributed by atoms with E-state index in [0.717, 1.165) is 0 Å². The highest BCUT2D eigenvalue weighted by atomic mass is 16.3. The second-order valence-corrected chi connectivity index (χ2v) is 4.74. The highest BCUT2D eigenvalue weighted by molar-refractivity contribution is 5.96. The molecule has 3 amide bonds. The molecule has 0 spiro atoms. The van der Waals surface area contributed by atoms with Gasteiger partial charge in [-0.15, -0.1) is 0 Å². The zero-order valence-corrected chi connectivity index (χ0v) is 11.8. The van der Waals surface area contributed by atoms with Crippen molar-refractivity contribution in [3.63, 3.8) is 0 Å². The normalized spacial score (nSPS) is 14.1. The van der Waals surface area contributed by atoms with Crippen LogP contribution in [-0.4, -0.2) is 47.4 Å². The first kappa shape index (κ1) is 14.8. The quantitative estimate of drug-likeness (QED) is 0.822. The van der Waals surface area contributed by atoms with Crippen LogP contribution in [-0.2, 0) is 9.59 Å². The van der Waals surface area contributed by atoms with E-state index < -0.39 is 5.91 Å². The minimum Gasteiger partial charge on any atom is -0.459 e. The summed E-state index contributed by atoms with van der Waals surface area (Å²) < 4.78 is 4.93. The van der Waals surface area contributed by atoms with Crippen LogP contribution in [0, 0.1) is 0 Å². The van der Waals surface area contributed by atoms with Crippen molar-refractivity contribution in [2.45, 2.75) is 13.3 Å². The lowest BCUT2D eigenvalue weighted by atomic mass is 10.3. The molecule has 0 aliphatic carbocycles. The lowest BCUT2D eigenvalue weighted by Gasteiger charge is -2.28. The van der Waals surface area contributed by atoms with E-state index in [1.807, 2.05) is 0 Å². The molecule has 2 rings (SSSR count). The summed E-state index contributed by atoms with van der Waals surface area (Å²) in [6.45, 7) is 5.92. The summed E-state index contributed by atoms with van der Waals surface area (Å²) in [5, 5.41) is 5.18. The fourth-order valence-corrected chi connectivity index (χ4v) is 2.04. The van der Waals surface area contributed by atoms with Crippen LogP contribution in [0.2, 0.25) is 0 Å². The molecule has 0 saturated carbocycles. The van der Waals surface area contributed by atoms with Crippen molar-refractivity contribution in [3.8, 4) is 0 Å². The first-order chi connectivity index (χ1) is 10.0. The molecule has 1 saturated heterocycles. The molecule has 0 atom stereocenters. The van der Waals surface area contributed by atoms with Crippen LogP contribution in [0.25, 0.3) is 0 Å². The number of hydrogen-bond acceptors (Lipinski definition) is 4. The Kier molecular flexibility index (Phi) is 4.42. The van der Waals surface area contributed by atoms with E-state index in [2.05, 4.69) is 11.9 Å². The number of rotatable bonds is 4. The van der Waals surface area contributed by atoms with E-state index in [4.69, 9.17) is 4.42 Å². The van der Waals surface area contributed by atoms with Crippen LogP contribution in [0.15, 0.2) is 35.0 Å². The molecular formula is C14H17N3O4. The topological polar surface area (TPSA) is 82.9 Å². The van der Waals surface area contributed by atoms with E-state index in [-0.39, 0.29) is 24.1 Å². The van der Waals surface area contributed by atoms with Crippen LogP contribution < -0.4 is 5.32 Å². The van der Waals surface area contributed by atoms with Gasteiger partial charge in [-0.2, -0.15) is 0 Å². The summed E-state index contributed by atoms with van der Waals surface area (Å²) in [5.74, 6) is -0.954. The zero-order valence-electron chi connectivity index (χ0n) is 11.8. The Hall–Kier alpha value is -2.57. The number of carbonyl (C=O) groups is 3. The SMILES string of the molecule is C=C(C)C(=O)N1CCCN1C(=O)CNC(=O)c1ccco1. The first-order valence-corrected chi connectivity index (χ1v) is 6.60. The average Bonchev–Trinajstić information content (AvgIpc) is 3.13. The highest BCUT2D eigenvalue weighted by Gasteiger charge is 2.30. The smallest absolute Gasteiger partial charge is 0.287 e. The maximum absolute atomic E-state index is 12.1. The Balaban J connectivity index is 1.92. The van der Waals surface area contributed by atoms with Crippen molar-refractivity contribution in [3.05, 3.63) is 36.3 Å². The molecular weight excluding hydrogens is 274 g/mol. The van der Waals surface area contributed by atoms with Crippen molar-refractivity contribution in [2.24, 2.45) is 0 Å². The maximum atomic E-state index is 12.1. The van der Waals surface area contributed by atoms with Gasteiger partial charge in [0.05, 0.1) is 12.8 Å². The lowest BCUT2D eigenvalue weighted by Crippen LogP contribution is -2.48. The monoisotopic (exact) mass is 291 g/mol. The van der Waals surface area contributed by atoms with E-state index >= 15 is 0 Å². The van der Waals surface area contributed by atoms with Crippen molar-refractivity contribution in [1.82, 2.24) is 15.3 Å². The van der Waals surface area contributed by atoms with Crippen LogP contribution in [0.4, 0.5) is 0 Å². The summed E-state index contributed by atoms with van der Waals surface area (Å²) in [6.07, 6.45) is 2.08. The number of nitrogens with one attached hydrogen (secondary N) is 1. The van der Waals surface area contributed by atoms with Gasteiger partial charge in [-0.1, -0.05) is 6.58 Å². The van der Waals surface area contributed by atoms with Gasteiger partial charge >= 0.3 is 0 Å². The third-order valence-corrected chi connectivity index (χ3v) is 3.06. The molecule has 7 nitrogen and oxygen atoms in total. The molecule has 0 aromatic carbocycles. The first-order valence-electron chi connectivity index (χ1n) is 6.60. The second kappa shape index (κ2) is 6.25. The van der Waals surface area contributed by atoms with Gasteiger partial charge in [0.2, 0.25) is 0 Å². The molecule has 0 unspecified atom stereocenters. The largest absolute Gasteiger partial charge is 0.459 e. The van der Waals surface area contributed by atoms with Crippen LogP contribution >= 0.6 is 0 Å². The number of furan rings is 1. The van der Waals surface area contributed by atoms with Gasteiger partial charge in [0.15, 0.2) is 5.76 Å². The Morgan fingerprint density at radius 1 is 1.33 bits per heavy atom. The molecule has 1 aliphatic heterocycles. The third kappa shape index (κ3) is 3.31. The predicted octanol–water partition coefficient (Wildman–Crippen LogP) is 0.561. The maximum Gasteiger partial charge on any atom is 0.287 e. The average molecular weight is 291 g/mol. The number of nitrogens with zero attached hydrogens (tertiary/aromatic N) is 2. The summed E-state index contributed by atoms with van der Waals surface area (Å²) in [6, 6.07) is 3.09. The Labute approximate surface area is 122 Å². The molecule has 7 heteroatoms. The molecule has 1 aromatic heterocycles. The number of hydrogen-bond donors (Lipinski definition) is 1. The number of amides is 3. The molecule has 2 heterocycles. The summed E-state index contributed by atoms with van der Waals surface area (Å²) in [7, 11) is 0. The zero-order chi connectivity index (χ0) is 15.4. The Morgan fingerprint density at radius 3 is 2.67 bits per heavy atom. The predicted molar refractivity (Wildman–Crippen MR) is 73.9 cm³/mol. The minimum atomic E-state index is -0.467. The highest BCUT2D eigenvalue weighted by Crippen LogP contribution is 2.13. The van der Waals surface area contributed by atoms with Crippen LogP contribution in [0.5, 0.6) is 0 Å². The summed E-state index contributed by atoms with van der Waals surface area (Å²) >= 11 is 0.